The van der Waals surface area contributed by atoms with Gasteiger partial charge in [-0.2, -0.15) is 4.98 Å². The van der Waals surface area contributed by atoms with Gasteiger partial charge < -0.3 is 14.6 Å². The van der Waals surface area contributed by atoms with Gasteiger partial charge in [-0.05, 0) is 39.2 Å². The predicted molar refractivity (Wildman–Crippen MR) is 65.7 cm³/mol. The van der Waals surface area contributed by atoms with Gasteiger partial charge in [-0.1, -0.05) is 12.1 Å². The summed E-state index contributed by atoms with van der Waals surface area (Å²) in [4.78, 5) is 6.50. The summed E-state index contributed by atoms with van der Waals surface area (Å²) in [5.41, 5.74) is 1.73. The van der Waals surface area contributed by atoms with E-state index in [1.807, 2.05) is 24.3 Å². The van der Waals surface area contributed by atoms with Crippen molar-refractivity contribution in [2.45, 2.75) is 6.42 Å². The van der Waals surface area contributed by atoms with Crippen LogP contribution in [0.5, 0.6) is 0 Å². The van der Waals surface area contributed by atoms with Crippen molar-refractivity contribution in [1.29, 1.82) is 0 Å². The number of nitrogens with one attached hydrogen (secondary N) is 1. The van der Waals surface area contributed by atoms with Gasteiger partial charge in [0, 0.05) is 6.54 Å². The van der Waals surface area contributed by atoms with E-state index in [9.17, 15) is 0 Å². The maximum atomic E-state index is 5.54. The van der Waals surface area contributed by atoms with Crippen molar-refractivity contribution in [2.24, 2.45) is 0 Å². The molecule has 0 saturated heterocycles. The molecule has 0 saturated carbocycles. The Labute approximate surface area is 95.3 Å². The van der Waals surface area contributed by atoms with Crippen LogP contribution in [0.25, 0.3) is 11.1 Å². The molecule has 2 rings (SSSR count). The fourth-order valence-corrected chi connectivity index (χ4v) is 1.54. The number of anilines is 1. The molecule has 1 N–H and O–H groups in total. The molecule has 0 fully saturated rings. The Morgan fingerprint density at radius 2 is 2.12 bits per heavy atom. The maximum absolute atomic E-state index is 5.54. The number of para-hydroxylation sites is 2. The summed E-state index contributed by atoms with van der Waals surface area (Å²) in [6.45, 7) is 1.94. The molecule has 0 atom stereocenters. The molecule has 86 valence electrons. The summed E-state index contributed by atoms with van der Waals surface area (Å²) in [5, 5.41) is 3.18. The highest BCUT2D eigenvalue weighted by molar-refractivity contribution is 5.74. The molecule has 0 aliphatic heterocycles. The minimum Gasteiger partial charge on any atom is -0.424 e. The first-order valence-corrected chi connectivity index (χ1v) is 5.50. The lowest BCUT2D eigenvalue weighted by atomic mass is 10.3. The molecule has 0 aliphatic rings. The fourth-order valence-electron chi connectivity index (χ4n) is 1.54. The number of nitrogens with zero attached hydrogens (tertiary/aromatic N) is 2. The summed E-state index contributed by atoms with van der Waals surface area (Å²) >= 11 is 0. The second kappa shape index (κ2) is 4.99. The number of fused-ring (bicyclic) bond motifs is 1. The Hall–Kier alpha value is -1.55. The van der Waals surface area contributed by atoms with Crippen LogP contribution >= 0.6 is 0 Å². The number of hydrogen-bond acceptors (Lipinski definition) is 4. The van der Waals surface area contributed by atoms with Gasteiger partial charge in [0.1, 0.15) is 5.52 Å². The normalized spacial score (nSPS) is 11.2. The van der Waals surface area contributed by atoms with Crippen LogP contribution in [0.3, 0.4) is 0 Å². The van der Waals surface area contributed by atoms with Crippen molar-refractivity contribution in [3.8, 4) is 0 Å². The Balaban J connectivity index is 1.89. The van der Waals surface area contributed by atoms with Gasteiger partial charge in [0.15, 0.2) is 5.58 Å². The topological polar surface area (TPSA) is 41.3 Å². The van der Waals surface area contributed by atoms with E-state index < -0.39 is 0 Å². The quantitative estimate of drug-likeness (QED) is 0.783. The lowest BCUT2D eigenvalue weighted by Crippen LogP contribution is -2.16. The van der Waals surface area contributed by atoms with E-state index in [1.165, 1.54) is 0 Å². The van der Waals surface area contributed by atoms with Crippen molar-refractivity contribution in [3.05, 3.63) is 24.3 Å². The molecule has 0 spiro atoms. The minimum absolute atomic E-state index is 0.611. The SMILES string of the molecule is CN(C)CCCNc1nc2ccccc2o1. The molecule has 0 unspecified atom stereocenters. The van der Waals surface area contributed by atoms with Crippen molar-refractivity contribution in [2.75, 3.05) is 32.5 Å². The summed E-state index contributed by atoms with van der Waals surface area (Å²) in [7, 11) is 4.14. The summed E-state index contributed by atoms with van der Waals surface area (Å²) in [6.07, 6.45) is 1.08. The van der Waals surface area contributed by atoms with Crippen molar-refractivity contribution in [1.82, 2.24) is 9.88 Å². The van der Waals surface area contributed by atoms with Crippen LogP contribution in [-0.4, -0.2) is 37.1 Å². The molecule has 4 nitrogen and oxygen atoms in total. The van der Waals surface area contributed by atoms with Crippen LogP contribution in [0.15, 0.2) is 28.7 Å². The maximum Gasteiger partial charge on any atom is 0.295 e. The first-order valence-electron chi connectivity index (χ1n) is 5.50. The number of aromatic nitrogens is 1. The van der Waals surface area contributed by atoms with Crippen LogP contribution in [0.2, 0.25) is 0 Å². The van der Waals surface area contributed by atoms with Crippen LogP contribution in [-0.2, 0) is 0 Å². The summed E-state index contributed by atoms with van der Waals surface area (Å²) in [6, 6.07) is 8.39. The van der Waals surface area contributed by atoms with Crippen molar-refractivity contribution in [3.63, 3.8) is 0 Å². The smallest absolute Gasteiger partial charge is 0.295 e. The van der Waals surface area contributed by atoms with Gasteiger partial charge in [0.2, 0.25) is 0 Å². The van der Waals surface area contributed by atoms with Crippen LogP contribution in [0.1, 0.15) is 6.42 Å². The van der Waals surface area contributed by atoms with E-state index in [2.05, 4.69) is 29.3 Å². The van der Waals surface area contributed by atoms with E-state index in [0.717, 1.165) is 30.6 Å². The Morgan fingerprint density at radius 1 is 1.31 bits per heavy atom. The van der Waals surface area contributed by atoms with Gasteiger partial charge in [-0.25, -0.2) is 0 Å². The largest absolute Gasteiger partial charge is 0.424 e. The van der Waals surface area contributed by atoms with E-state index in [-0.39, 0.29) is 0 Å². The monoisotopic (exact) mass is 219 g/mol. The number of rotatable bonds is 5. The third kappa shape index (κ3) is 2.73. The van der Waals surface area contributed by atoms with E-state index in [1.54, 1.807) is 0 Å². The number of benzene rings is 1. The molecule has 1 aromatic carbocycles. The van der Waals surface area contributed by atoms with E-state index in [0.29, 0.717) is 6.01 Å². The standard InChI is InChI=1S/C12H17N3O/c1-15(2)9-5-8-13-12-14-10-6-3-4-7-11(10)16-12/h3-4,6-7H,5,8-9H2,1-2H3,(H,13,14). The number of oxazole rings is 1. The van der Waals surface area contributed by atoms with Gasteiger partial charge in [0.05, 0.1) is 0 Å². The molecule has 0 aliphatic carbocycles. The highest BCUT2D eigenvalue weighted by Crippen LogP contribution is 2.17. The van der Waals surface area contributed by atoms with Crippen LogP contribution in [0, 0.1) is 0 Å². The molecular weight excluding hydrogens is 202 g/mol. The Bertz CT molecular complexity index is 417. The molecule has 2 aromatic rings. The Kier molecular flexibility index (Phi) is 3.41. The zero-order chi connectivity index (χ0) is 11.4. The van der Waals surface area contributed by atoms with Gasteiger partial charge in [-0.3, -0.25) is 0 Å². The highest BCUT2D eigenvalue weighted by atomic mass is 16.4. The first-order chi connectivity index (χ1) is 7.75. The van der Waals surface area contributed by atoms with Gasteiger partial charge in [0.25, 0.3) is 6.01 Å². The van der Waals surface area contributed by atoms with E-state index >= 15 is 0 Å². The summed E-state index contributed by atoms with van der Waals surface area (Å²) in [5.74, 6) is 0. The zero-order valence-corrected chi connectivity index (χ0v) is 9.73. The minimum atomic E-state index is 0.611. The average molecular weight is 219 g/mol. The molecule has 4 heteroatoms. The summed E-state index contributed by atoms with van der Waals surface area (Å²) < 4.78 is 5.54. The number of hydrogen-bond donors (Lipinski definition) is 1. The molecular formula is C12H17N3O. The molecule has 1 heterocycles. The van der Waals surface area contributed by atoms with Gasteiger partial charge >= 0.3 is 0 Å². The third-order valence-corrected chi connectivity index (χ3v) is 2.35. The second-order valence-electron chi connectivity index (χ2n) is 4.07. The average Bonchev–Trinajstić information content (AvgIpc) is 2.66. The van der Waals surface area contributed by atoms with Gasteiger partial charge in [-0.15, -0.1) is 0 Å². The lowest BCUT2D eigenvalue weighted by molar-refractivity contribution is 0.404. The Morgan fingerprint density at radius 3 is 2.88 bits per heavy atom. The lowest BCUT2D eigenvalue weighted by Gasteiger charge is -2.08. The van der Waals surface area contributed by atoms with Crippen LogP contribution < -0.4 is 5.32 Å². The molecule has 0 amide bonds. The third-order valence-electron chi connectivity index (χ3n) is 2.35. The molecule has 0 bridgehead atoms. The molecule has 1 aromatic heterocycles. The zero-order valence-electron chi connectivity index (χ0n) is 9.73. The van der Waals surface area contributed by atoms with Crippen molar-refractivity contribution >= 4 is 17.1 Å². The highest BCUT2D eigenvalue weighted by Gasteiger charge is 2.03. The van der Waals surface area contributed by atoms with Crippen LogP contribution in [0.4, 0.5) is 6.01 Å². The van der Waals surface area contributed by atoms with E-state index in [4.69, 9.17) is 4.42 Å². The van der Waals surface area contributed by atoms with Crippen molar-refractivity contribution < 1.29 is 4.42 Å². The first kappa shape index (κ1) is 11.0. The fraction of sp³-hybridized carbons (Fsp3) is 0.417. The molecule has 0 radical (unpaired) electrons. The second-order valence-corrected chi connectivity index (χ2v) is 4.07. The molecule has 16 heavy (non-hydrogen) atoms. The predicted octanol–water partition coefficient (Wildman–Crippen LogP) is 2.19.